The molecule has 0 spiro atoms. The van der Waals surface area contributed by atoms with Crippen molar-refractivity contribution in [1.29, 1.82) is 0 Å². The first-order valence-electron chi connectivity index (χ1n) is 5.23. The van der Waals surface area contributed by atoms with Gasteiger partial charge >= 0.3 is 5.97 Å². The number of halogens is 3. The van der Waals surface area contributed by atoms with Crippen LogP contribution in [0, 0.1) is 17.5 Å². The number of hydrogen-bond donors (Lipinski definition) is 2. The molecule has 19 heavy (non-hydrogen) atoms. The highest BCUT2D eigenvalue weighted by Crippen LogP contribution is 2.25. The summed E-state index contributed by atoms with van der Waals surface area (Å²) in [4.78, 5) is 10.9. The third kappa shape index (κ3) is 2.67. The van der Waals surface area contributed by atoms with Crippen molar-refractivity contribution in [1.82, 2.24) is 0 Å². The molecule has 0 aliphatic rings. The average molecular weight is 267 g/mol. The summed E-state index contributed by atoms with van der Waals surface area (Å²) in [5, 5.41) is 11.4. The van der Waals surface area contributed by atoms with Crippen LogP contribution in [0.5, 0.6) is 0 Å². The zero-order chi connectivity index (χ0) is 14.0. The molecule has 0 saturated heterocycles. The molecular formula is C13H8F3NO2. The minimum atomic E-state index is -1.33. The number of aromatic carboxylic acids is 1. The Hall–Kier alpha value is -2.50. The highest BCUT2D eigenvalue weighted by atomic mass is 19.2. The van der Waals surface area contributed by atoms with Gasteiger partial charge in [0.1, 0.15) is 5.82 Å². The maximum absolute atomic E-state index is 13.6. The van der Waals surface area contributed by atoms with Crippen LogP contribution < -0.4 is 5.32 Å². The Bertz CT molecular complexity index is 644. The van der Waals surface area contributed by atoms with Gasteiger partial charge in [-0.05, 0) is 24.3 Å². The third-order valence-corrected chi connectivity index (χ3v) is 2.43. The maximum Gasteiger partial charge on any atom is 0.337 e. The Morgan fingerprint density at radius 2 is 1.74 bits per heavy atom. The van der Waals surface area contributed by atoms with E-state index in [1.807, 2.05) is 0 Å². The normalized spacial score (nSPS) is 10.3. The van der Waals surface area contributed by atoms with Crippen LogP contribution in [0.25, 0.3) is 0 Å². The molecule has 2 N–H and O–H groups in total. The third-order valence-electron chi connectivity index (χ3n) is 2.43. The standard InChI is InChI=1S/C13H8F3NO2/c14-9-5-4-7(6-11(9)16)17-12-8(13(18)19)2-1-3-10(12)15/h1-6,17H,(H,18,19). The number of carbonyl (C=O) groups is 1. The van der Waals surface area contributed by atoms with Gasteiger partial charge < -0.3 is 10.4 Å². The van der Waals surface area contributed by atoms with E-state index in [2.05, 4.69) is 5.32 Å². The van der Waals surface area contributed by atoms with E-state index in [1.165, 1.54) is 18.2 Å². The van der Waals surface area contributed by atoms with Gasteiger partial charge in [-0.15, -0.1) is 0 Å². The number of para-hydroxylation sites is 1. The number of benzene rings is 2. The zero-order valence-corrected chi connectivity index (χ0v) is 9.45. The molecule has 2 rings (SSSR count). The summed E-state index contributed by atoms with van der Waals surface area (Å²) in [6.45, 7) is 0. The average Bonchev–Trinajstić information content (AvgIpc) is 2.36. The molecular weight excluding hydrogens is 259 g/mol. The number of hydrogen-bond acceptors (Lipinski definition) is 2. The molecule has 0 aliphatic carbocycles. The molecule has 0 atom stereocenters. The van der Waals surface area contributed by atoms with Crippen LogP contribution in [0.4, 0.5) is 24.5 Å². The van der Waals surface area contributed by atoms with E-state index in [1.54, 1.807) is 0 Å². The summed E-state index contributed by atoms with van der Waals surface area (Å²) < 4.78 is 39.4. The van der Waals surface area contributed by atoms with Crippen molar-refractivity contribution in [3.8, 4) is 0 Å². The number of anilines is 2. The molecule has 0 unspecified atom stereocenters. The summed E-state index contributed by atoms with van der Waals surface area (Å²) >= 11 is 0. The first-order valence-corrected chi connectivity index (χ1v) is 5.23. The molecule has 0 aliphatic heterocycles. The van der Waals surface area contributed by atoms with Gasteiger partial charge in [0.15, 0.2) is 11.6 Å². The number of nitrogens with one attached hydrogen (secondary N) is 1. The topological polar surface area (TPSA) is 49.3 Å². The fraction of sp³-hybridized carbons (Fsp3) is 0. The fourth-order valence-electron chi connectivity index (χ4n) is 1.55. The van der Waals surface area contributed by atoms with E-state index in [9.17, 15) is 18.0 Å². The van der Waals surface area contributed by atoms with E-state index in [0.717, 1.165) is 18.2 Å². The van der Waals surface area contributed by atoms with Crippen LogP contribution in [0.2, 0.25) is 0 Å². The molecule has 0 bridgehead atoms. The number of rotatable bonds is 3. The molecule has 0 saturated carbocycles. The van der Waals surface area contributed by atoms with Crippen molar-refractivity contribution < 1.29 is 23.1 Å². The van der Waals surface area contributed by atoms with E-state index in [-0.39, 0.29) is 16.9 Å². The molecule has 0 amide bonds. The van der Waals surface area contributed by atoms with Crippen molar-refractivity contribution in [2.75, 3.05) is 5.32 Å². The van der Waals surface area contributed by atoms with Crippen LogP contribution in [0.3, 0.4) is 0 Å². The van der Waals surface area contributed by atoms with Gasteiger partial charge in [-0.3, -0.25) is 0 Å². The van der Waals surface area contributed by atoms with Crippen molar-refractivity contribution >= 4 is 17.3 Å². The second kappa shape index (κ2) is 5.01. The Morgan fingerprint density at radius 3 is 2.37 bits per heavy atom. The summed E-state index contributed by atoms with van der Waals surface area (Å²) in [7, 11) is 0. The first-order chi connectivity index (χ1) is 8.99. The van der Waals surface area contributed by atoms with E-state index in [0.29, 0.717) is 0 Å². The molecule has 2 aromatic rings. The summed E-state index contributed by atoms with van der Waals surface area (Å²) in [6, 6.07) is 6.36. The predicted molar refractivity (Wildman–Crippen MR) is 63.0 cm³/mol. The number of carboxylic acids is 1. The van der Waals surface area contributed by atoms with Crippen LogP contribution in [0.15, 0.2) is 36.4 Å². The van der Waals surface area contributed by atoms with Gasteiger partial charge in [0.05, 0.1) is 11.3 Å². The SMILES string of the molecule is O=C(O)c1cccc(F)c1Nc1ccc(F)c(F)c1. The molecule has 98 valence electrons. The smallest absolute Gasteiger partial charge is 0.337 e. The van der Waals surface area contributed by atoms with Gasteiger partial charge in [-0.25, -0.2) is 18.0 Å². The minimum absolute atomic E-state index is 0.0477. The monoisotopic (exact) mass is 267 g/mol. The van der Waals surface area contributed by atoms with Crippen LogP contribution in [-0.2, 0) is 0 Å². The molecule has 0 aromatic heterocycles. The minimum Gasteiger partial charge on any atom is -0.478 e. The van der Waals surface area contributed by atoms with Crippen molar-refractivity contribution in [3.05, 3.63) is 59.4 Å². The Kier molecular flexibility index (Phi) is 3.41. The largest absolute Gasteiger partial charge is 0.478 e. The predicted octanol–water partition coefficient (Wildman–Crippen LogP) is 3.55. The van der Waals surface area contributed by atoms with Crippen molar-refractivity contribution in [2.45, 2.75) is 0 Å². The Balaban J connectivity index is 2.42. The highest BCUT2D eigenvalue weighted by Gasteiger charge is 2.14. The first kappa shape index (κ1) is 12.9. The fourth-order valence-corrected chi connectivity index (χ4v) is 1.55. The van der Waals surface area contributed by atoms with E-state index < -0.39 is 23.4 Å². The van der Waals surface area contributed by atoms with E-state index >= 15 is 0 Å². The number of carboxylic acid groups (broad SMARTS) is 1. The maximum atomic E-state index is 13.6. The second-order valence-electron chi connectivity index (χ2n) is 3.72. The van der Waals surface area contributed by atoms with Crippen molar-refractivity contribution in [2.24, 2.45) is 0 Å². The van der Waals surface area contributed by atoms with Crippen LogP contribution in [-0.4, -0.2) is 11.1 Å². The Labute approximate surface area is 106 Å². The second-order valence-corrected chi connectivity index (χ2v) is 3.72. The summed E-state index contributed by atoms with van der Waals surface area (Å²) in [5.41, 5.74) is -0.558. The van der Waals surface area contributed by atoms with Crippen LogP contribution in [0.1, 0.15) is 10.4 Å². The van der Waals surface area contributed by atoms with E-state index in [4.69, 9.17) is 5.11 Å². The van der Waals surface area contributed by atoms with Gasteiger partial charge in [0.25, 0.3) is 0 Å². The molecule has 3 nitrogen and oxygen atoms in total. The van der Waals surface area contributed by atoms with Crippen molar-refractivity contribution in [3.63, 3.8) is 0 Å². The zero-order valence-electron chi connectivity index (χ0n) is 9.45. The van der Waals surface area contributed by atoms with Gasteiger partial charge in [-0.1, -0.05) is 6.07 Å². The lowest BCUT2D eigenvalue weighted by atomic mass is 10.1. The van der Waals surface area contributed by atoms with Gasteiger partial charge in [0, 0.05) is 11.8 Å². The molecule has 6 heteroatoms. The lowest BCUT2D eigenvalue weighted by Crippen LogP contribution is -2.05. The molecule has 0 heterocycles. The lowest BCUT2D eigenvalue weighted by Gasteiger charge is -2.10. The van der Waals surface area contributed by atoms with Gasteiger partial charge in [0.2, 0.25) is 0 Å². The summed E-state index contributed by atoms with van der Waals surface area (Å²) in [6.07, 6.45) is 0. The highest BCUT2D eigenvalue weighted by molar-refractivity contribution is 5.95. The quantitative estimate of drug-likeness (QED) is 0.894. The van der Waals surface area contributed by atoms with Gasteiger partial charge in [-0.2, -0.15) is 0 Å². The van der Waals surface area contributed by atoms with Crippen LogP contribution >= 0.6 is 0 Å². The summed E-state index contributed by atoms with van der Waals surface area (Å²) in [5.74, 6) is -4.29. The molecule has 2 aromatic carbocycles. The molecule has 0 fully saturated rings. The Morgan fingerprint density at radius 1 is 1.00 bits per heavy atom. The lowest BCUT2D eigenvalue weighted by molar-refractivity contribution is 0.0697. The molecule has 0 radical (unpaired) electrons.